The quantitative estimate of drug-likeness (QED) is 0.629. The van der Waals surface area contributed by atoms with E-state index < -0.39 is 0 Å². The fourth-order valence-corrected chi connectivity index (χ4v) is 3.28. The predicted octanol–water partition coefficient (Wildman–Crippen LogP) is 1.75. The van der Waals surface area contributed by atoms with Crippen LogP contribution in [-0.4, -0.2) is 40.1 Å². The van der Waals surface area contributed by atoms with Crippen LogP contribution in [0.15, 0.2) is 0 Å². The molecule has 2 fully saturated rings. The van der Waals surface area contributed by atoms with E-state index in [1.165, 1.54) is 38.5 Å². The van der Waals surface area contributed by atoms with Crippen molar-refractivity contribution >= 4 is 17.8 Å². The van der Waals surface area contributed by atoms with Crippen molar-refractivity contribution in [2.75, 3.05) is 29.5 Å². The van der Waals surface area contributed by atoms with E-state index in [4.69, 9.17) is 5.73 Å². The summed E-state index contributed by atoms with van der Waals surface area (Å²) in [7, 11) is 0. The van der Waals surface area contributed by atoms with Gasteiger partial charge in [0, 0.05) is 12.1 Å². The largest absolute Gasteiger partial charge is 0.368 e. The molecular formula is C15H27N7. The molecule has 1 aliphatic carbocycles. The molecule has 22 heavy (non-hydrogen) atoms. The van der Waals surface area contributed by atoms with Crippen LogP contribution in [0.25, 0.3) is 0 Å². The Hall–Kier alpha value is -1.63. The predicted molar refractivity (Wildman–Crippen MR) is 88.9 cm³/mol. The Morgan fingerprint density at radius 1 is 0.773 bits per heavy atom. The molecule has 1 saturated carbocycles. The van der Waals surface area contributed by atoms with Crippen molar-refractivity contribution in [2.24, 2.45) is 0 Å². The molecular weight excluding hydrogens is 278 g/mol. The van der Waals surface area contributed by atoms with E-state index in [-0.39, 0.29) is 5.95 Å². The minimum Gasteiger partial charge on any atom is -0.368 e. The highest BCUT2D eigenvalue weighted by Crippen LogP contribution is 2.20. The third kappa shape index (κ3) is 4.43. The van der Waals surface area contributed by atoms with Gasteiger partial charge >= 0.3 is 0 Å². The van der Waals surface area contributed by atoms with Crippen molar-refractivity contribution in [1.82, 2.24) is 20.3 Å². The maximum absolute atomic E-state index is 5.85. The number of nitrogen functional groups attached to an aromatic ring is 1. The first-order valence-electron chi connectivity index (χ1n) is 8.55. The van der Waals surface area contributed by atoms with Crippen LogP contribution >= 0.6 is 0 Å². The lowest BCUT2D eigenvalue weighted by Crippen LogP contribution is -2.36. The monoisotopic (exact) mass is 305 g/mol. The molecule has 1 saturated heterocycles. The molecule has 1 aromatic heterocycles. The zero-order valence-electron chi connectivity index (χ0n) is 13.1. The Balaban J connectivity index is 1.63. The van der Waals surface area contributed by atoms with E-state index in [1.807, 2.05) is 0 Å². The fourth-order valence-electron chi connectivity index (χ4n) is 3.28. The normalized spacial score (nSPS) is 21.3. The number of nitrogens with two attached hydrogens (primary N) is 1. The van der Waals surface area contributed by atoms with Gasteiger partial charge in [-0.25, -0.2) is 0 Å². The molecule has 0 unspecified atom stereocenters. The molecule has 122 valence electrons. The Bertz CT molecular complexity index is 465. The summed E-state index contributed by atoms with van der Waals surface area (Å²) in [5.41, 5.74) is 5.85. The number of piperidine rings is 1. The van der Waals surface area contributed by atoms with Gasteiger partial charge in [0.05, 0.1) is 0 Å². The molecule has 2 aliphatic rings. The zero-order chi connectivity index (χ0) is 15.2. The molecule has 0 amide bonds. The van der Waals surface area contributed by atoms with Crippen molar-refractivity contribution in [3.63, 3.8) is 0 Å². The number of aromatic nitrogens is 3. The number of anilines is 3. The Kier molecular flexibility index (Phi) is 5.26. The molecule has 7 heteroatoms. The number of hydrogen-bond acceptors (Lipinski definition) is 7. The Morgan fingerprint density at radius 3 is 1.91 bits per heavy atom. The summed E-state index contributed by atoms with van der Waals surface area (Å²) < 4.78 is 0. The number of rotatable bonds is 4. The fraction of sp³-hybridized carbons (Fsp3) is 0.800. The highest BCUT2D eigenvalue weighted by Gasteiger charge is 2.17. The lowest BCUT2D eigenvalue weighted by molar-refractivity contribution is 0.477. The van der Waals surface area contributed by atoms with Crippen LogP contribution in [0.3, 0.4) is 0 Å². The molecule has 3 rings (SSSR count). The number of nitrogens with zero attached hydrogens (tertiary/aromatic N) is 3. The molecule has 0 spiro atoms. The molecule has 0 bridgehead atoms. The van der Waals surface area contributed by atoms with Gasteiger partial charge in [-0.3, -0.25) is 0 Å². The average Bonchev–Trinajstić information content (AvgIpc) is 2.76. The maximum Gasteiger partial charge on any atom is 0.229 e. The second kappa shape index (κ2) is 7.58. The van der Waals surface area contributed by atoms with Crippen LogP contribution in [0.2, 0.25) is 0 Å². The Morgan fingerprint density at radius 2 is 1.32 bits per heavy atom. The molecule has 1 aliphatic heterocycles. The summed E-state index contributed by atoms with van der Waals surface area (Å²) in [6.45, 7) is 2.07. The smallest absolute Gasteiger partial charge is 0.229 e. The van der Waals surface area contributed by atoms with Gasteiger partial charge in [0.1, 0.15) is 0 Å². The number of nitrogens with one attached hydrogen (secondary N) is 3. The number of hydrogen-bond donors (Lipinski definition) is 4. The van der Waals surface area contributed by atoms with E-state index >= 15 is 0 Å². The van der Waals surface area contributed by atoms with E-state index in [2.05, 4.69) is 30.9 Å². The summed E-state index contributed by atoms with van der Waals surface area (Å²) in [5, 5.41) is 10.2. The molecule has 0 aromatic carbocycles. The van der Waals surface area contributed by atoms with Crippen LogP contribution < -0.4 is 21.7 Å². The van der Waals surface area contributed by atoms with Gasteiger partial charge in [0.2, 0.25) is 17.8 Å². The molecule has 2 heterocycles. The van der Waals surface area contributed by atoms with Crippen molar-refractivity contribution < 1.29 is 0 Å². The summed E-state index contributed by atoms with van der Waals surface area (Å²) in [6, 6.07) is 0.866. The van der Waals surface area contributed by atoms with Gasteiger partial charge in [-0.1, -0.05) is 25.7 Å². The van der Waals surface area contributed by atoms with Crippen molar-refractivity contribution in [3.8, 4) is 0 Å². The van der Waals surface area contributed by atoms with Gasteiger partial charge in [-0.05, 0) is 38.8 Å². The first-order chi connectivity index (χ1) is 10.8. The van der Waals surface area contributed by atoms with Gasteiger partial charge in [-0.2, -0.15) is 15.0 Å². The first kappa shape index (κ1) is 15.3. The second-order valence-corrected chi connectivity index (χ2v) is 6.34. The van der Waals surface area contributed by atoms with E-state index in [0.717, 1.165) is 25.9 Å². The Labute approximate surface area is 131 Å². The lowest BCUT2D eigenvalue weighted by atomic mass is 10.1. The maximum atomic E-state index is 5.85. The van der Waals surface area contributed by atoms with Crippen LogP contribution in [0.4, 0.5) is 17.8 Å². The first-order valence-corrected chi connectivity index (χ1v) is 8.55. The minimum atomic E-state index is 0.280. The van der Waals surface area contributed by atoms with Crippen molar-refractivity contribution in [3.05, 3.63) is 0 Å². The zero-order valence-corrected chi connectivity index (χ0v) is 13.1. The van der Waals surface area contributed by atoms with E-state index in [0.29, 0.717) is 24.0 Å². The van der Waals surface area contributed by atoms with Crippen LogP contribution in [0.5, 0.6) is 0 Å². The third-order valence-electron chi connectivity index (χ3n) is 4.51. The van der Waals surface area contributed by atoms with Crippen molar-refractivity contribution in [1.29, 1.82) is 0 Å². The average molecular weight is 305 g/mol. The summed E-state index contributed by atoms with van der Waals surface area (Å²) in [5.74, 6) is 1.48. The molecule has 1 aromatic rings. The van der Waals surface area contributed by atoms with Crippen LogP contribution in [0, 0.1) is 0 Å². The molecule has 0 atom stereocenters. The SMILES string of the molecule is Nc1nc(NC2CCCCCC2)nc(NC2CCNCC2)n1. The topological polar surface area (TPSA) is 101 Å². The van der Waals surface area contributed by atoms with Crippen molar-refractivity contribution in [2.45, 2.75) is 63.5 Å². The summed E-state index contributed by atoms with van der Waals surface area (Å²) in [6.07, 6.45) is 9.75. The molecule has 7 nitrogen and oxygen atoms in total. The summed E-state index contributed by atoms with van der Waals surface area (Å²) in [4.78, 5) is 13.0. The van der Waals surface area contributed by atoms with Crippen LogP contribution in [-0.2, 0) is 0 Å². The van der Waals surface area contributed by atoms with Gasteiger partial charge in [0.15, 0.2) is 0 Å². The molecule has 0 radical (unpaired) electrons. The second-order valence-electron chi connectivity index (χ2n) is 6.34. The highest BCUT2D eigenvalue weighted by molar-refractivity contribution is 5.41. The van der Waals surface area contributed by atoms with Crippen LogP contribution in [0.1, 0.15) is 51.4 Å². The highest BCUT2D eigenvalue weighted by atomic mass is 15.3. The third-order valence-corrected chi connectivity index (χ3v) is 4.51. The van der Waals surface area contributed by atoms with E-state index in [1.54, 1.807) is 0 Å². The van der Waals surface area contributed by atoms with E-state index in [9.17, 15) is 0 Å². The standard InChI is InChI=1S/C15H27N7/c16-13-20-14(18-11-5-3-1-2-4-6-11)22-15(21-13)19-12-7-9-17-10-8-12/h11-12,17H,1-10H2,(H4,16,18,19,20,21,22). The van der Waals surface area contributed by atoms with Gasteiger partial charge in [0.25, 0.3) is 0 Å². The lowest BCUT2D eigenvalue weighted by Gasteiger charge is -2.24. The molecule has 5 N–H and O–H groups in total. The van der Waals surface area contributed by atoms with Gasteiger partial charge < -0.3 is 21.7 Å². The van der Waals surface area contributed by atoms with Gasteiger partial charge in [-0.15, -0.1) is 0 Å². The minimum absolute atomic E-state index is 0.280. The summed E-state index contributed by atoms with van der Waals surface area (Å²) >= 11 is 0.